The SMILES string of the molecule is CCC1=Cc2cc(F)ccc2OC1. The Hall–Kier alpha value is -1.31. The first kappa shape index (κ1) is 8.30. The van der Waals surface area contributed by atoms with Crippen molar-refractivity contribution < 1.29 is 9.13 Å². The molecule has 1 aliphatic rings. The number of ether oxygens (including phenoxy) is 1. The highest BCUT2D eigenvalue weighted by Gasteiger charge is 2.10. The van der Waals surface area contributed by atoms with Crippen LogP contribution in [0.3, 0.4) is 0 Å². The van der Waals surface area contributed by atoms with Crippen LogP contribution in [-0.2, 0) is 0 Å². The summed E-state index contributed by atoms with van der Waals surface area (Å²) >= 11 is 0. The molecule has 0 aliphatic carbocycles. The summed E-state index contributed by atoms with van der Waals surface area (Å²) in [6.45, 7) is 2.70. The number of halogens is 1. The van der Waals surface area contributed by atoms with Crippen LogP contribution in [0, 0.1) is 5.82 Å². The summed E-state index contributed by atoms with van der Waals surface area (Å²) in [7, 11) is 0. The number of benzene rings is 1. The first-order valence-electron chi connectivity index (χ1n) is 4.41. The van der Waals surface area contributed by atoms with Crippen LogP contribution in [0.1, 0.15) is 18.9 Å². The lowest BCUT2D eigenvalue weighted by molar-refractivity contribution is 0.343. The Morgan fingerprint density at radius 3 is 3.08 bits per heavy atom. The predicted octanol–water partition coefficient (Wildman–Crippen LogP) is 3.01. The lowest BCUT2D eigenvalue weighted by Gasteiger charge is -2.16. The lowest BCUT2D eigenvalue weighted by atomic mass is 10.1. The Morgan fingerprint density at radius 2 is 2.31 bits per heavy atom. The molecule has 0 amide bonds. The zero-order chi connectivity index (χ0) is 9.26. The van der Waals surface area contributed by atoms with E-state index >= 15 is 0 Å². The number of hydrogen-bond donors (Lipinski definition) is 0. The Morgan fingerprint density at radius 1 is 1.46 bits per heavy atom. The maximum absolute atomic E-state index is 12.8. The van der Waals surface area contributed by atoms with E-state index in [0.717, 1.165) is 17.7 Å². The van der Waals surface area contributed by atoms with E-state index in [1.807, 2.05) is 6.08 Å². The minimum absolute atomic E-state index is 0.212. The van der Waals surface area contributed by atoms with Gasteiger partial charge in [0.15, 0.2) is 0 Å². The van der Waals surface area contributed by atoms with Crippen LogP contribution in [-0.4, -0.2) is 6.61 Å². The molecule has 0 aromatic heterocycles. The molecular weight excluding hydrogens is 167 g/mol. The molecule has 1 aliphatic heterocycles. The van der Waals surface area contributed by atoms with Crippen molar-refractivity contribution in [2.45, 2.75) is 13.3 Å². The summed E-state index contributed by atoms with van der Waals surface area (Å²) in [6, 6.07) is 4.60. The monoisotopic (exact) mass is 178 g/mol. The molecule has 0 unspecified atom stereocenters. The molecule has 0 saturated carbocycles. The van der Waals surface area contributed by atoms with Gasteiger partial charge in [-0.05, 0) is 36.3 Å². The summed E-state index contributed by atoms with van der Waals surface area (Å²) in [5.41, 5.74) is 2.06. The fraction of sp³-hybridized carbons (Fsp3) is 0.273. The van der Waals surface area contributed by atoms with Crippen molar-refractivity contribution in [3.63, 3.8) is 0 Å². The normalized spacial score (nSPS) is 14.5. The van der Waals surface area contributed by atoms with E-state index in [4.69, 9.17) is 4.74 Å². The van der Waals surface area contributed by atoms with E-state index in [9.17, 15) is 4.39 Å². The van der Waals surface area contributed by atoms with Gasteiger partial charge in [0.05, 0.1) is 0 Å². The maximum atomic E-state index is 12.8. The fourth-order valence-electron chi connectivity index (χ4n) is 1.40. The molecule has 0 saturated heterocycles. The van der Waals surface area contributed by atoms with Crippen molar-refractivity contribution in [3.8, 4) is 5.75 Å². The summed E-state index contributed by atoms with van der Waals surface area (Å²) in [5, 5.41) is 0. The second-order valence-corrected chi connectivity index (χ2v) is 3.13. The minimum atomic E-state index is -0.212. The van der Waals surface area contributed by atoms with Crippen LogP contribution in [0.5, 0.6) is 5.75 Å². The molecule has 0 N–H and O–H groups in total. The van der Waals surface area contributed by atoms with Gasteiger partial charge in [-0.1, -0.05) is 6.92 Å². The van der Waals surface area contributed by atoms with Gasteiger partial charge in [0.25, 0.3) is 0 Å². The Bertz CT molecular complexity index is 355. The van der Waals surface area contributed by atoms with Gasteiger partial charge in [-0.2, -0.15) is 0 Å². The molecular formula is C11H11FO. The molecule has 0 fully saturated rings. The summed E-state index contributed by atoms with van der Waals surface area (Å²) in [5.74, 6) is 0.564. The van der Waals surface area contributed by atoms with Gasteiger partial charge in [-0.25, -0.2) is 4.39 Å². The van der Waals surface area contributed by atoms with Gasteiger partial charge in [0.1, 0.15) is 18.2 Å². The average Bonchev–Trinajstić information content (AvgIpc) is 2.16. The summed E-state index contributed by atoms with van der Waals surface area (Å²) < 4.78 is 18.3. The Kier molecular flexibility index (Phi) is 2.05. The minimum Gasteiger partial charge on any atom is -0.489 e. The van der Waals surface area contributed by atoms with Gasteiger partial charge in [0.2, 0.25) is 0 Å². The van der Waals surface area contributed by atoms with E-state index in [0.29, 0.717) is 6.61 Å². The molecule has 0 spiro atoms. The van der Waals surface area contributed by atoms with Crippen LogP contribution in [0.2, 0.25) is 0 Å². The predicted molar refractivity (Wildman–Crippen MR) is 50.2 cm³/mol. The molecule has 2 heteroatoms. The molecule has 1 aromatic rings. The second-order valence-electron chi connectivity index (χ2n) is 3.13. The van der Waals surface area contributed by atoms with Crippen LogP contribution in [0.25, 0.3) is 6.08 Å². The van der Waals surface area contributed by atoms with Crippen molar-refractivity contribution in [2.75, 3.05) is 6.61 Å². The number of rotatable bonds is 1. The molecule has 13 heavy (non-hydrogen) atoms. The fourth-order valence-corrected chi connectivity index (χ4v) is 1.40. The quantitative estimate of drug-likeness (QED) is 0.642. The molecule has 0 radical (unpaired) electrons. The molecule has 1 heterocycles. The molecule has 1 aromatic carbocycles. The van der Waals surface area contributed by atoms with Gasteiger partial charge < -0.3 is 4.74 Å². The van der Waals surface area contributed by atoms with Crippen molar-refractivity contribution in [1.29, 1.82) is 0 Å². The molecule has 0 atom stereocenters. The molecule has 1 nitrogen and oxygen atoms in total. The van der Waals surface area contributed by atoms with Gasteiger partial charge in [0, 0.05) is 5.56 Å². The van der Waals surface area contributed by atoms with Gasteiger partial charge in [-0.15, -0.1) is 0 Å². The van der Waals surface area contributed by atoms with Crippen molar-refractivity contribution in [2.24, 2.45) is 0 Å². The Labute approximate surface area is 76.8 Å². The van der Waals surface area contributed by atoms with E-state index < -0.39 is 0 Å². The van der Waals surface area contributed by atoms with Crippen LogP contribution >= 0.6 is 0 Å². The third-order valence-corrected chi connectivity index (χ3v) is 2.20. The highest BCUT2D eigenvalue weighted by Crippen LogP contribution is 2.27. The number of fused-ring (bicyclic) bond motifs is 1. The molecule has 0 bridgehead atoms. The third-order valence-electron chi connectivity index (χ3n) is 2.20. The van der Waals surface area contributed by atoms with E-state index in [-0.39, 0.29) is 5.82 Å². The average molecular weight is 178 g/mol. The highest BCUT2D eigenvalue weighted by molar-refractivity contribution is 5.62. The van der Waals surface area contributed by atoms with E-state index in [1.54, 1.807) is 6.07 Å². The van der Waals surface area contributed by atoms with Gasteiger partial charge >= 0.3 is 0 Å². The summed E-state index contributed by atoms with van der Waals surface area (Å²) in [4.78, 5) is 0. The Balaban J connectivity index is 2.44. The smallest absolute Gasteiger partial charge is 0.127 e. The first-order chi connectivity index (χ1) is 6.29. The van der Waals surface area contributed by atoms with Crippen molar-refractivity contribution in [1.82, 2.24) is 0 Å². The van der Waals surface area contributed by atoms with Crippen LogP contribution in [0.15, 0.2) is 23.8 Å². The van der Waals surface area contributed by atoms with E-state index in [1.165, 1.54) is 17.7 Å². The van der Waals surface area contributed by atoms with Gasteiger partial charge in [-0.3, -0.25) is 0 Å². The summed E-state index contributed by atoms with van der Waals surface area (Å²) in [6.07, 6.45) is 2.96. The number of hydrogen-bond acceptors (Lipinski definition) is 1. The van der Waals surface area contributed by atoms with Crippen molar-refractivity contribution in [3.05, 3.63) is 35.2 Å². The van der Waals surface area contributed by atoms with E-state index in [2.05, 4.69) is 6.92 Å². The largest absolute Gasteiger partial charge is 0.489 e. The molecule has 68 valence electrons. The lowest BCUT2D eigenvalue weighted by Crippen LogP contribution is -2.06. The van der Waals surface area contributed by atoms with Crippen LogP contribution in [0.4, 0.5) is 4.39 Å². The maximum Gasteiger partial charge on any atom is 0.127 e. The zero-order valence-electron chi connectivity index (χ0n) is 7.51. The third kappa shape index (κ3) is 1.57. The topological polar surface area (TPSA) is 9.23 Å². The highest BCUT2D eigenvalue weighted by atomic mass is 19.1. The first-order valence-corrected chi connectivity index (χ1v) is 4.41. The standard InChI is InChI=1S/C11H11FO/c1-2-8-5-9-6-10(12)3-4-11(9)13-7-8/h3-6H,2,7H2,1H3. The second kappa shape index (κ2) is 3.21. The van der Waals surface area contributed by atoms with Crippen LogP contribution < -0.4 is 4.74 Å². The van der Waals surface area contributed by atoms with Crippen molar-refractivity contribution >= 4 is 6.08 Å². The molecule has 2 rings (SSSR count). The zero-order valence-corrected chi connectivity index (χ0v) is 7.51.